The van der Waals surface area contributed by atoms with E-state index in [0.29, 0.717) is 12.3 Å². The molecule has 0 aliphatic heterocycles. The number of methoxy groups -OCH3 is 2. The smallest absolute Gasteiger partial charge is 0.161 e. The number of hydrogen-bond acceptors (Lipinski definition) is 6. The van der Waals surface area contributed by atoms with Crippen LogP contribution in [0.2, 0.25) is 0 Å². The molecule has 21 heavy (non-hydrogen) atoms. The summed E-state index contributed by atoms with van der Waals surface area (Å²) < 4.78 is 10.5. The third-order valence-corrected chi connectivity index (χ3v) is 3.02. The van der Waals surface area contributed by atoms with Crippen molar-refractivity contribution in [3.05, 3.63) is 35.7 Å². The van der Waals surface area contributed by atoms with Crippen molar-refractivity contribution in [1.29, 1.82) is 0 Å². The minimum atomic E-state index is 0.639. The summed E-state index contributed by atoms with van der Waals surface area (Å²) >= 11 is 0. The predicted molar refractivity (Wildman–Crippen MR) is 83.2 cm³/mol. The Morgan fingerprint density at radius 1 is 1.00 bits per heavy atom. The van der Waals surface area contributed by atoms with Gasteiger partial charge in [0.1, 0.15) is 17.5 Å². The van der Waals surface area contributed by atoms with Crippen LogP contribution in [0.1, 0.15) is 11.4 Å². The molecule has 0 aliphatic rings. The van der Waals surface area contributed by atoms with Crippen molar-refractivity contribution in [3.8, 4) is 11.5 Å². The second-order valence-electron chi connectivity index (χ2n) is 4.48. The minimum absolute atomic E-state index is 0.639. The van der Waals surface area contributed by atoms with Crippen LogP contribution in [0, 0.1) is 6.92 Å². The van der Waals surface area contributed by atoms with Crippen molar-refractivity contribution in [2.45, 2.75) is 13.5 Å². The van der Waals surface area contributed by atoms with Crippen LogP contribution in [0.25, 0.3) is 0 Å². The first-order valence-electron chi connectivity index (χ1n) is 6.64. The van der Waals surface area contributed by atoms with E-state index in [1.807, 2.05) is 38.2 Å². The second-order valence-corrected chi connectivity index (χ2v) is 4.48. The summed E-state index contributed by atoms with van der Waals surface area (Å²) in [5.74, 6) is 3.72. The van der Waals surface area contributed by atoms with Gasteiger partial charge in [-0.3, -0.25) is 0 Å². The number of aryl methyl sites for hydroxylation is 1. The van der Waals surface area contributed by atoms with Gasteiger partial charge in [-0.2, -0.15) is 0 Å². The van der Waals surface area contributed by atoms with E-state index in [1.165, 1.54) is 0 Å². The molecule has 112 valence electrons. The van der Waals surface area contributed by atoms with E-state index in [0.717, 1.165) is 28.8 Å². The first kappa shape index (κ1) is 14.9. The van der Waals surface area contributed by atoms with E-state index in [4.69, 9.17) is 9.47 Å². The molecular formula is C15H20N4O2. The summed E-state index contributed by atoms with van der Waals surface area (Å²) in [5, 5.41) is 6.29. The zero-order valence-electron chi connectivity index (χ0n) is 12.7. The molecule has 2 N–H and O–H groups in total. The van der Waals surface area contributed by atoms with Gasteiger partial charge >= 0.3 is 0 Å². The molecule has 0 radical (unpaired) electrons. The zero-order chi connectivity index (χ0) is 15.2. The molecule has 0 bridgehead atoms. The van der Waals surface area contributed by atoms with Crippen LogP contribution in [0.3, 0.4) is 0 Å². The predicted octanol–water partition coefficient (Wildman–Crippen LogP) is 2.46. The lowest BCUT2D eigenvalue weighted by Gasteiger charge is -2.11. The van der Waals surface area contributed by atoms with Crippen LogP contribution in [-0.4, -0.2) is 31.2 Å². The van der Waals surface area contributed by atoms with Crippen LogP contribution in [-0.2, 0) is 6.54 Å². The van der Waals surface area contributed by atoms with E-state index in [2.05, 4.69) is 20.6 Å². The fourth-order valence-corrected chi connectivity index (χ4v) is 1.97. The molecule has 0 fully saturated rings. The van der Waals surface area contributed by atoms with Gasteiger partial charge in [-0.1, -0.05) is 6.07 Å². The van der Waals surface area contributed by atoms with Crippen molar-refractivity contribution >= 4 is 11.6 Å². The van der Waals surface area contributed by atoms with Crippen LogP contribution in [0.4, 0.5) is 11.6 Å². The highest BCUT2D eigenvalue weighted by atomic mass is 16.5. The average Bonchev–Trinajstić information content (AvgIpc) is 2.52. The topological polar surface area (TPSA) is 68.3 Å². The number of aromatic nitrogens is 2. The molecule has 0 amide bonds. The van der Waals surface area contributed by atoms with Crippen molar-refractivity contribution in [2.24, 2.45) is 0 Å². The molecule has 2 rings (SSSR count). The highest BCUT2D eigenvalue weighted by Crippen LogP contribution is 2.27. The maximum absolute atomic E-state index is 5.30. The standard InChI is InChI=1S/C15H20N4O2/c1-10-18-14(16-2)8-15(19-10)17-9-11-5-6-12(20-3)13(7-11)21-4/h5-8H,9H2,1-4H3,(H2,16,17,18,19). The summed E-state index contributed by atoms with van der Waals surface area (Å²) in [6, 6.07) is 7.69. The average molecular weight is 288 g/mol. The number of anilines is 2. The van der Waals surface area contributed by atoms with E-state index >= 15 is 0 Å². The van der Waals surface area contributed by atoms with E-state index < -0.39 is 0 Å². The van der Waals surface area contributed by atoms with Gasteiger partial charge in [0, 0.05) is 19.7 Å². The quantitative estimate of drug-likeness (QED) is 0.851. The van der Waals surface area contributed by atoms with Crippen molar-refractivity contribution < 1.29 is 9.47 Å². The fraction of sp³-hybridized carbons (Fsp3) is 0.333. The lowest BCUT2D eigenvalue weighted by Crippen LogP contribution is -2.05. The number of benzene rings is 1. The highest BCUT2D eigenvalue weighted by molar-refractivity contribution is 5.48. The van der Waals surface area contributed by atoms with E-state index in [1.54, 1.807) is 14.2 Å². The summed E-state index contributed by atoms with van der Waals surface area (Å²) in [6.07, 6.45) is 0. The normalized spacial score (nSPS) is 10.1. The molecule has 0 saturated heterocycles. The Bertz CT molecular complexity index is 617. The maximum atomic E-state index is 5.30. The molecule has 0 unspecified atom stereocenters. The van der Waals surface area contributed by atoms with Gasteiger partial charge in [-0.25, -0.2) is 9.97 Å². The van der Waals surface area contributed by atoms with Crippen molar-refractivity contribution in [3.63, 3.8) is 0 Å². The first-order chi connectivity index (χ1) is 10.2. The Hall–Kier alpha value is -2.50. The van der Waals surface area contributed by atoms with Gasteiger partial charge in [0.2, 0.25) is 0 Å². The maximum Gasteiger partial charge on any atom is 0.161 e. The number of nitrogens with zero attached hydrogens (tertiary/aromatic N) is 2. The summed E-state index contributed by atoms with van der Waals surface area (Å²) in [6.45, 7) is 2.50. The van der Waals surface area contributed by atoms with E-state index in [9.17, 15) is 0 Å². The van der Waals surface area contributed by atoms with Crippen LogP contribution in [0.5, 0.6) is 11.5 Å². The third kappa shape index (κ3) is 3.75. The molecule has 0 saturated carbocycles. The van der Waals surface area contributed by atoms with Crippen molar-refractivity contribution in [2.75, 3.05) is 31.9 Å². The summed E-state index contributed by atoms with van der Waals surface area (Å²) in [5.41, 5.74) is 1.08. The van der Waals surface area contributed by atoms with Gasteiger partial charge in [0.15, 0.2) is 11.5 Å². The number of rotatable bonds is 6. The summed E-state index contributed by atoms with van der Waals surface area (Å²) in [7, 11) is 5.08. The van der Waals surface area contributed by atoms with Gasteiger partial charge in [-0.05, 0) is 24.6 Å². The lowest BCUT2D eigenvalue weighted by atomic mass is 10.2. The zero-order valence-corrected chi connectivity index (χ0v) is 12.7. The van der Waals surface area contributed by atoms with Crippen LogP contribution < -0.4 is 20.1 Å². The molecule has 6 nitrogen and oxygen atoms in total. The number of hydrogen-bond donors (Lipinski definition) is 2. The molecular weight excluding hydrogens is 268 g/mol. The van der Waals surface area contributed by atoms with Gasteiger partial charge in [0.05, 0.1) is 14.2 Å². The highest BCUT2D eigenvalue weighted by Gasteiger charge is 2.05. The minimum Gasteiger partial charge on any atom is -0.493 e. The third-order valence-electron chi connectivity index (χ3n) is 3.02. The Labute approximate surface area is 124 Å². The van der Waals surface area contributed by atoms with E-state index in [-0.39, 0.29) is 0 Å². The molecule has 1 heterocycles. The first-order valence-corrected chi connectivity index (χ1v) is 6.64. The molecule has 0 atom stereocenters. The molecule has 1 aromatic carbocycles. The Morgan fingerprint density at radius 3 is 2.38 bits per heavy atom. The monoisotopic (exact) mass is 288 g/mol. The Balaban J connectivity index is 2.11. The number of nitrogens with one attached hydrogen (secondary N) is 2. The largest absolute Gasteiger partial charge is 0.493 e. The molecule has 2 aromatic rings. The summed E-state index contributed by atoms with van der Waals surface area (Å²) in [4.78, 5) is 8.61. The van der Waals surface area contributed by atoms with Gasteiger partial charge in [0.25, 0.3) is 0 Å². The Morgan fingerprint density at radius 2 is 1.71 bits per heavy atom. The van der Waals surface area contributed by atoms with Gasteiger partial charge in [-0.15, -0.1) is 0 Å². The van der Waals surface area contributed by atoms with Crippen LogP contribution in [0.15, 0.2) is 24.3 Å². The number of ether oxygens (including phenoxy) is 2. The molecule has 0 aliphatic carbocycles. The Kier molecular flexibility index (Phi) is 4.81. The molecule has 1 aromatic heterocycles. The van der Waals surface area contributed by atoms with Gasteiger partial charge < -0.3 is 20.1 Å². The lowest BCUT2D eigenvalue weighted by molar-refractivity contribution is 0.354. The van der Waals surface area contributed by atoms with Crippen molar-refractivity contribution in [1.82, 2.24) is 9.97 Å². The van der Waals surface area contributed by atoms with Crippen LogP contribution >= 0.6 is 0 Å². The second kappa shape index (κ2) is 6.78. The SMILES string of the molecule is CNc1cc(NCc2ccc(OC)c(OC)c2)nc(C)n1. The molecule has 6 heteroatoms. The fourth-order valence-electron chi connectivity index (χ4n) is 1.97. The molecule has 0 spiro atoms.